The van der Waals surface area contributed by atoms with Crippen LogP contribution in [0.25, 0.3) is 0 Å². The van der Waals surface area contributed by atoms with Gasteiger partial charge >= 0.3 is 0 Å². The molecule has 6 heteroatoms. The number of carbonyl (C=O) groups is 1. The molecule has 0 unspecified atom stereocenters. The van der Waals surface area contributed by atoms with Crippen LogP contribution in [0.15, 0.2) is 30.5 Å². The maximum Gasteiger partial charge on any atom is 0.224 e. The monoisotopic (exact) mass is 259 g/mol. The molecule has 2 rings (SSSR count). The molecule has 2 N–H and O–H groups in total. The lowest BCUT2D eigenvalue weighted by atomic mass is 10.2. The number of nitrogens with one attached hydrogen (secondary N) is 2. The molecule has 0 saturated carbocycles. The highest BCUT2D eigenvalue weighted by Crippen LogP contribution is 2.14. The van der Waals surface area contributed by atoms with Gasteiger partial charge in [-0.3, -0.25) is 9.48 Å². The summed E-state index contributed by atoms with van der Waals surface area (Å²) in [5.41, 5.74) is 2.66. The summed E-state index contributed by atoms with van der Waals surface area (Å²) < 4.78 is 1.67. The van der Waals surface area contributed by atoms with E-state index in [-0.39, 0.29) is 5.91 Å². The first kappa shape index (κ1) is 13.1. The van der Waals surface area contributed by atoms with Gasteiger partial charge in [-0.1, -0.05) is 12.1 Å². The lowest BCUT2D eigenvalue weighted by Gasteiger charge is -2.06. The number of aromatic nitrogens is 3. The van der Waals surface area contributed by atoms with Gasteiger partial charge in [-0.25, -0.2) is 0 Å². The summed E-state index contributed by atoms with van der Waals surface area (Å²) in [5, 5.41) is 13.9. The van der Waals surface area contributed by atoms with Gasteiger partial charge in [0.1, 0.15) is 5.69 Å². The Hall–Kier alpha value is -2.37. The topological polar surface area (TPSA) is 71.8 Å². The number of hydrogen-bond acceptors (Lipinski definition) is 4. The Morgan fingerprint density at radius 2 is 1.95 bits per heavy atom. The Morgan fingerprint density at radius 3 is 2.53 bits per heavy atom. The summed E-state index contributed by atoms with van der Waals surface area (Å²) in [5.74, 6) is 0.0141. The van der Waals surface area contributed by atoms with Gasteiger partial charge in [0.25, 0.3) is 0 Å². The van der Waals surface area contributed by atoms with Crippen molar-refractivity contribution in [2.75, 3.05) is 10.6 Å². The molecule has 0 bridgehead atoms. The molecule has 6 nitrogen and oxygen atoms in total. The molecule has 1 aromatic heterocycles. The van der Waals surface area contributed by atoms with Crippen LogP contribution in [-0.4, -0.2) is 20.9 Å². The van der Waals surface area contributed by atoms with Crippen molar-refractivity contribution < 1.29 is 4.79 Å². The van der Waals surface area contributed by atoms with Crippen molar-refractivity contribution >= 4 is 17.3 Å². The molecule has 0 aliphatic heterocycles. The molecule has 1 aromatic carbocycles. The Bertz CT molecular complexity index is 546. The lowest BCUT2D eigenvalue weighted by Crippen LogP contribution is -2.09. The first-order chi connectivity index (χ1) is 9.17. The van der Waals surface area contributed by atoms with Crippen LogP contribution in [0.5, 0.6) is 0 Å². The zero-order valence-electron chi connectivity index (χ0n) is 11.1. The fraction of sp³-hybridized carbons (Fsp3) is 0.308. The number of carbonyl (C=O) groups excluding carboxylic acids is 1. The average molecular weight is 259 g/mol. The fourth-order valence-electron chi connectivity index (χ4n) is 1.59. The quantitative estimate of drug-likeness (QED) is 0.858. The lowest BCUT2D eigenvalue weighted by molar-refractivity contribution is -0.115. The summed E-state index contributed by atoms with van der Waals surface area (Å²) in [6.45, 7) is 2.45. The predicted octanol–water partition coefficient (Wildman–Crippen LogP) is 1.78. The molecular formula is C13H17N5O. The number of benzene rings is 1. The van der Waals surface area contributed by atoms with Crippen molar-refractivity contribution in [1.29, 1.82) is 0 Å². The van der Waals surface area contributed by atoms with E-state index >= 15 is 0 Å². The van der Waals surface area contributed by atoms with E-state index in [0.717, 1.165) is 17.1 Å². The highest BCUT2D eigenvalue weighted by atomic mass is 16.1. The van der Waals surface area contributed by atoms with Crippen molar-refractivity contribution in [2.24, 2.45) is 7.05 Å². The third-order valence-corrected chi connectivity index (χ3v) is 2.61. The number of amides is 1. The van der Waals surface area contributed by atoms with Crippen LogP contribution in [0, 0.1) is 0 Å². The molecule has 0 aliphatic carbocycles. The molecule has 0 saturated heterocycles. The van der Waals surface area contributed by atoms with E-state index in [1.54, 1.807) is 4.68 Å². The molecular weight excluding hydrogens is 242 g/mol. The largest absolute Gasteiger partial charge is 0.379 e. The molecule has 19 heavy (non-hydrogen) atoms. The Morgan fingerprint density at radius 1 is 1.26 bits per heavy atom. The summed E-state index contributed by atoms with van der Waals surface area (Å²) >= 11 is 0. The van der Waals surface area contributed by atoms with E-state index in [0.29, 0.717) is 13.0 Å². The van der Waals surface area contributed by atoms with Gasteiger partial charge in [-0.05, 0) is 24.3 Å². The number of hydrogen-bond donors (Lipinski definition) is 2. The summed E-state index contributed by atoms with van der Waals surface area (Å²) in [4.78, 5) is 11.2. The van der Waals surface area contributed by atoms with Crippen LogP contribution in [0.4, 0.5) is 11.4 Å². The zero-order chi connectivity index (χ0) is 13.7. The normalized spacial score (nSPS) is 10.2. The number of nitrogens with zero attached hydrogens (tertiary/aromatic N) is 3. The fourth-order valence-corrected chi connectivity index (χ4v) is 1.59. The Labute approximate surface area is 111 Å². The van der Waals surface area contributed by atoms with Crippen LogP contribution in [-0.2, 0) is 18.4 Å². The van der Waals surface area contributed by atoms with E-state index in [1.165, 1.54) is 0 Å². The van der Waals surface area contributed by atoms with Crippen LogP contribution < -0.4 is 10.6 Å². The maximum absolute atomic E-state index is 11.2. The molecule has 2 aromatic rings. The second-order valence-electron chi connectivity index (χ2n) is 4.22. The second kappa shape index (κ2) is 5.99. The molecule has 0 aliphatic rings. The smallest absolute Gasteiger partial charge is 0.224 e. The number of anilines is 2. The first-order valence-corrected chi connectivity index (χ1v) is 6.16. The van der Waals surface area contributed by atoms with E-state index < -0.39 is 0 Å². The summed E-state index contributed by atoms with van der Waals surface area (Å²) in [6, 6.07) is 7.57. The summed E-state index contributed by atoms with van der Waals surface area (Å²) in [7, 11) is 1.84. The van der Waals surface area contributed by atoms with Crippen LogP contribution in [0.3, 0.4) is 0 Å². The van der Waals surface area contributed by atoms with Crippen molar-refractivity contribution in [1.82, 2.24) is 15.0 Å². The van der Waals surface area contributed by atoms with Gasteiger partial charge < -0.3 is 10.6 Å². The van der Waals surface area contributed by atoms with Crippen LogP contribution >= 0.6 is 0 Å². The molecule has 0 spiro atoms. The Balaban J connectivity index is 1.89. The first-order valence-electron chi connectivity index (χ1n) is 6.16. The van der Waals surface area contributed by atoms with E-state index in [4.69, 9.17) is 0 Å². The van der Waals surface area contributed by atoms with Gasteiger partial charge in [-0.15, -0.1) is 5.10 Å². The van der Waals surface area contributed by atoms with Gasteiger partial charge in [0.2, 0.25) is 5.91 Å². The standard InChI is InChI=1S/C13H17N5O/c1-3-13(19)15-11-6-4-10(5-7-11)14-8-12-9-18(2)17-16-12/h4-7,9,14H,3,8H2,1-2H3,(H,15,19). The van der Waals surface area contributed by atoms with Gasteiger partial charge in [0, 0.05) is 31.0 Å². The van der Waals surface area contributed by atoms with Crippen molar-refractivity contribution in [2.45, 2.75) is 19.9 Å². The van der Waals surface area contributed by atoms with E-state index in [2.05, 4.69) is 20.9 Å². The number of rotatable bonds is 5. The average Bonchev–Trinajstić information content (AvgIpc) is 2.83. The highest BCUT2D eigenvalue weighted by Gasteiger charge is 2.00. The van der Waals surface area contributed by atoms with Crippen molar-refractivity contribution in [3.05, 3.63) is 36.2 Å². The minimum atomic E-state index is 0.0141. The molecule has 1 heterocycles. The number of aryl methyl sites for hydroxylation is 1. The Kier molecular flexibility index (Phi) is 4.12. The zero-order valence-corrected chi connectivity index (χ0v) is 11.1. The second-order valence-corrected chi connectivity index (χ2v) is 4.22. The highest BCUT2D eigenvalue weighted by molar-refractivity contribution is 5.90. The SMILES string of the molecule is CCC(=O)Nc1ccc(NCc2cn(C)nn2)cc1. The third-order valence-electron chi connectivity index (χ3n) is 2.61. The van der Waals surface area contributed by atoms with Gasteiger partial charge in [0.15, 0.2) is 0 Å². The predicted molar refractivity (Wildman–Crippen MR) is 73.7 cm³/mol. The minimum absolute atomic E-state index is 0.0141. The minimum Gasteiger partial charge on any atom is -0.379 e. The molecule has 0 atom stereocenters. The van der Waals surface area contributed by atoms with Crippen LogP contribution in [0.1, 0.15) is 19.0 Å². The maximum atomic E-state index is 11.2. The molecule has 100 valence electrons. The van der Waals surface area contributed by atoms with E-state index in [9.17, 15) is 4.79 Å². The van der Waals surface area contributed by atoms with Crippen LogP contribution in [0.2, 0.25) is 0 Å². The third kappa shape index (κ3) is 3.80. The van der Waals surface area contributed by atoms with Gasteiger partial charge in [-0.2, -0.15) is 0 Å². The molecule has 0 radical (unpaired) electrons. The van der Waals surface area contributed by atoms with Crippen molar-refractivity contribution in [3.8, 4) is 0 Å². The van der Waals surface area contributed by atoms with E-state index in [1.807, 2.05) is 44.4 Å². The van der Waals surface area contributed by atoms with Crippen molar-refractivity contribution in [3.63, 3.8) is 0 Å². The summed E-state index contributed by atoms with van der Waals surface area (Å²) in [6.07, 6.45) is 2.34. The molecule has 0 fully saturated rings. The molecule has 1 amide bonds. The van der Waals surface area contributed by atoms with Gasteiger partial charge in [0.05, 0.1) is 6.54 Å².